The highest BCUT2D eigenvalue weighted by Crippen LogP contribution is 2.33. The van der Waals surface area contributed by atoms with Gasteiger partial charge in [0.2, 0.25) is 5.91 Å². The number of rotatable bonds is 5. The zero-order valence-corrected chi connectivity index (χ0v) is 20.0. The predicted molar refractivity (Wildman–Crippen MR) is 130 cm³/mol. The lowest BCUT2D eigenvalue weighted by atomic mass is 9.87. The van der Waals surface area contributed by atoms with Gasteiger partial charge in [0, 0.05) is 67.6 Å². The van der Waals surface area contributed by atoms with Crippen molar-refractivity contribution in [1.82, 2.24) is 19.9 Å². The van der Waals surface area contributed by atoms with Gasteiger partial charge in [-0.1, -0.05) is 25.3 Å². The van der Waals surface area contributed by atoms with E-state index in [0.29, 0.717) is 5.91 Å². The molecule has 1 saturated carbocycles. The molecule has 1 amide bonds. The highest BCUT2D eigenvalue weighted by molar-refractivity contribution is 5.79. The van der Waals surface area contributed by atoms with Crippen LogP contribution in [0.2, 0.25) is 0 Å². The zero-order valence-electron chi connectivity index (χ0n) is 20.0. The van der Waals surface area contributed by atoms with Crippen LogP contribution in [0.3, 0.4) is 0 Å². The Morgan fingerprint density at radius 2 is 1.91 bits per heavy atom. The van der Waals surface area contributed by atoms with Crippen LogP contribution in [0.25, 0.3) is 0 Å². The molecule has 2 aromatic rings. The van der Waals surface area contributed by atoms with E-state index in [-0.39, 0.29) is 11.8 Å². The third-order valence-corrected chi connectivity index (χ3v) is 7.78. The molecule has 2 aliphatic heterocycles. The summed E-state index contributed by atoms with van der Waals surface area (Å²) in [5.41, 5.74) is 3.55. The van der Waals surface area contributed by atoms with Crippen molar-refractivity contribution in [3.05, 3.63) is 47.2 Å². The van der Waals surface area contributed by atoms with Gasteiger partial charge in [-0.05, 0) is 57.6 Å². The molecule has 1 aliphatic carbocycles. The Hall–Kier alpha value is -2.50. The van der Waals surface area contributed by atoms with Crippen LogP contribution in [0.4, 0.5) is 5.82 Å². The number of piperidine rings is 1. The number of nitrogens with zero attached hydrogens (tertiary/aromatic N) is 5. The molecule has 5 rings (SSSR count). The molecule has 176 valence electrons. The minimum Gasteiger partial charge on any atom is -0.356 e. The maximum atomic E-state index is 13.2. The zero-order chi connectivity index (χ0) is 22.6. The summed E-state index contributed by atoms with van der Waals surface area (Å²) < 4.78 is 0. The Balaban J connectivity index is 1.32. The number of fused-ring (bicyclic) bond motifs is 1. The monoisotopic (exact) mass is 447 g/mol. The number of amides is 1. The van der Waals surface area contributed by atoms with Crippen LogP contribution >= 0.6 is 0 Å². The standard InChI is InChI=1S/C27H37N5O/c1-20-24-13-8-16-31(18-14-23-12-5-6-15-28-23)26(24)30-25(29-20)22-11-7-17-32(19-22)27(33)21-9-3-2-4-10-21/h5-6,12,15,21-22H,2-4,7-11,13-14,16-19H2,1H3/t22-/m1/s1. The Bertz CT molecular complexity index is 956. The third kappa shape index (κ3) is 5.04. The molecule has 6 heteroatoms. The molecular weight excluding hydrogens is 410 g/mol. The van der Waals surface area contributed by atoms with Crippen LogP contribution in [0.5, 0.6) is 0 Å². The fraction of sp³-hybridized carbons (Fsp3) is 0.630. The number of aryl methyl sites for hydroxylation is 1. The van der Waals surface area contributed by atoms with Gasteiger partial charge in [0.25, 0.3) is 0 Å². The molecule has 0 spiro atoms. The van der Waals surface area contributed by atoms with E-state index in [2.05, 4.69) is 33.8 Å². The number of anilines is 1. The molecule has 2 fully saturated rings. The first-order valence-corrected chi connectivity index (χ1v) is 13.0. The molecule has 2 aromatic heterocycles. The molecule has 0 radical (unpaired) electrons. The summed E-state index contributed by atoms with van der Waals surface area (Å²) in [6, 6.07) is 6.12. The van der Waals surface area contributed by atoms with E-state index in [1.165, 1.54) is 24.8 Å². The van der Waals surface area contributed by atoms with Crippen molar-refractivity contribution < 1.29 is 4.79 Å². The SMILES string of the molecule is Cc1nc([C@@H]2CCCN(C(=O)C3CCCCC3)C2)nc2c1CCCN2CCc1ccccn1. The molecule has 4 heterocycles. The quantitative estimate of drug-likeness (QED) is 0.677. The van der Waals surface area contributed by atoms with Crippen LogP contribution in [0, 0.1) is 12.8 Å². The molecule has 0 N–H and O–H groups in total. The molecule has 1 atom stereocenters. The first kappa shape index (κ1) is 22.3. The van der Waals surface area contributed by atoms with E-state index < -0.39 is 0 Å². The van der Waals surface area contributed by atoms with Crippen molar-refractivity contribution in [1.29, 1.82) is 0 Å². The van der Waals surface area contributed by atoms with Gasteiger partial charge in [0.1, 0.15) is 11.6 Å². The molecule has 6 nitrogen and oxygen atoms in total. The van der Waals surface area contributed by atoms with Gasteiger partial charge in [-0.2, -0.15) is 0 Å². The first-order valence-electron chi connectivity index (χ1n) is 13.0. The van der Waals surface area contributed by atoms with Gasteiger partial charge in [-0.25, -0.2) is 9.97 Å². The average Bonchev–Trinajstić information content (AvgIpc) is 2.88. The normalized spacial score (nSPS) is 21.7. The lowest BCUT2D eigenvalue weighted by molar-refractivity contribution is -0.137. The van der Waals surface area contributed by atoms with Crippen LogP contribution in [-0.2, 0) is 17.6 Å². The Kier molecular flexibility index (Phi) is 6.88. The van der Waals surface area contributed by atoms with E-state index in [1.807, 2.05) is 12.3 Å². The average molecular weight is 448 g/mol. The van der Waals surface area contributed by atoms with Crippen molar-refractivity contribution in [2.45, 2.75) is 77.0 Å². The third-order valence-electron chi connectivity index (χ3n) is 7.78. The number of likely N-dealkylation sites (tertiary alicyclic amines) is 1. The number of pyridine rings is 1. The van der Waals surface area contributed by atoms with Crippen molar-refractivity contribution in [2.24, 2.45) is 5.92 Å². The summed E-state index contributed by atoms with van der Waals surface area (Å²) in [4.78, 5) is 32.4. The molecule has 0 aromatic carbocycles. The summed E-state index contributed by atoms with van der Waals surface area (Å²) in [6.07, 6.45) is 12.9. The Labute approximate surface area is 197 Å². The van der Waals surface area contributed by atoms with Gasteiger partial charge in [-0.3, -0.25) is 9.78 Å². The number of carbonyl (C=O) groups excluding carboxylic acids is 1. The smallest absolute Gasteiger partial charge is 0.225 e. The summed E-state index contributed by atoms with van der Waals surface area (Å²) in [5, 5.41) is 0. The van der Waals surface area contributed by atoms with Crippen molar-refractivity contribution in [3.63, 3.8) is 0 Å². The molecule has 1 saturated heterocycles. The van der Waals surface area contributed by atoms with Gasteiger partial charge >= 0.3 is 0 Å². The molecule has 0 bridgehead atoms. The highest BCUT2D eigenvalue weighted by Gasteiger charge is 2.32. The molecular formula is C27H37N5O. The molecule has 3 aliphatic rings. The summed E-state index contributed by atoms with van der Waals surface area (Å²) in [6.45, 7) is 5.77. The fourth-order valence-electron chi connectivity index (χ4n) is 5.90. The van der Waals surface area contributed by atoms with Gasteiger partial charge in [-0.15, -0.1) is 0 Å². The number of hydrogen-bond donors (Lipinski definition) is 0. The van der Waals surface area contributed by atoms with E-state index in [9.17, 15) is 4.79 Å². The largest absolute Gasteiger partial charge is 0.356 e. The lowest BCUT2D eigenvalue weighted by Crippen LogP contribution is -2.43. The summed E-state index contributed by atoms with van der Waals surface area (Å²) in [7, 11) is 0. The predicted octanol–water partition coefficient (Wildman–Crippen LogP) is 4.46. The van der Waals surface area contributed by atoms with Crippen LogP contribution < -0.4 is 4.90 Å². The van der Waals surface area contributed by atoms with E-state index in [4.69, 9.17) is 9.97 Å². The van der Waals surface area contributed by atoms with E-state index in [0.717, 1.165) is 94.2 Å². The topological polar surface area (TPSA) is 62.2 Å². The Morgan fingerprint density at radius 1 is 1.03 bits per heavy atom. The maximum Gasteiger partial charge on any atom is 0.225 e. The number of hydrogen-bond acceptors (Lipinski definition) is 5. The van der Waals surface area contributed by atoms with Crippen LogP contribution in [-0.4, -0.2) is 51.9 Å². The van der Waals surface area contributed by atoms with Crippen LogP contribution in [0.15, 0.2) is 24.4 Å². The maximum absolute atomic E-state index is 13.2. The minimum absolute atomic E-state index is 0.241. The fourth-order valence-corrected chi connectivity index (χ4v) is 5.90. The minimum atomic E-state index is 0.241. The lowest BCUT2D eigenvalue weighted by Gasteiger charge is -2.36. The highest BCUT2D eigenvalue weighted by atomic mass is 16.2. The first-order chi connectivity index (χ1) is 16.2. The van der Waals surface area contributed by atoms with E-state index in [1.54, 1.807) is 0 Å². The van der Waals surface area contributed by atoms with Gasteiger partial charge < -0.3 is 9.80 Å². The summed E-state index contributed by atoms with van der Waals surface area (Å²) >= 11 is 0. The Morgan fingerprint density at radius 3 is 2.73 bits per heavy atom. The van der Waals surface area contributed by atoms with E-state index >= 15 is 0 Å². The summed E-state index contributed by atoms with van der Waals surface area (Å²) in [5.74, 6) is 2.93. The second-order valence-corrected chi connectivity index (χ2v) is 10.1. The second kappa shape index (κ2) is 10.2. The number of carbonyl (C=O) groups is 1. The van der Waals surface area contributed by atoms with Crippen molar-refractivity contribution >= 4 is 11.7 Å². The molecule has 33 heavy (non-hydrogen) atoms. The van der Waals surface area contributed by atoms with Crippen molar-refractivity contribution in [2.75, 3.05) is 31.1 Å². The molecule has 0 unspecified atom stereocenters. The van der Waals surface area contributed by atoms with Crippen LogP contribution in [0.1, 0.15) is 80.1 Å². The second-order valence-electron chi connectivity index (χ2n) is 10.1. The van der Waals surface area contributed by atoms with Gasteiger partial charge in [0.15, 0.2) is 0 Å². The van der Waals surface area contributed by atoms with Gasteiger partial charge in [0.05, 0.1) is 0 Å². The van der Waals surface area contributed by atoms with Crippen molar-refractivity contribution in [3.8, 4) is 0 Å². The number of aromatic nitrogens is 3.